The number of hydrogen-bond donors (Lipinski definition) is 1. The first kappa shape index (κ1) is 13.0. The van der Waals surface area contributed by atoms with Crippen LogP contribution in [-0.4, -0.2) is 30.5 Å². The number of rotatable bonds is 4. The highest BCUT2D eigenvalue weighted by molar-refractivity contribution is 5.81. The van der Waals surface area contributed by atoms with E-state index in [1.54, 1.807) is 23.2 Å². The quantitative estimate of drug-likeness (QED) is 0.838. The Labute approximate surface area is 101 Å². The fraction of sp³-hybridized carbons (Fsp3) is 0.417. The summed E-state index contributed by atoms with van der Waals surface area (Å²) < 4.78 is 0. The molecule has 1 amide bonds. The number of nitriles is 1. The lowest BCUT2D eigenvalue weighted by Crippen LogP contribution is -2.38. The highest BCUT2D eigenvalue weighted by Gasteiger charge is 2.08. The molecule has 17 heavy (non-hydrogen) atoms. The number of nitrogens with zero attached hydrogens (tertiary/aromatic N) is 3. The van der Waals surface area contributed by atoms with Crippen LogP contribution in [0.2, 0.25) is 0 Å². The zero-order valence-corrected chi connectivity index (χ0v) is 10.3. The number of amides is 1. The molecule has 1 aromatic heterocycles. The molecule has 0 aliphatic carbocycles. The molecule has 1 rings (SSSR count). The van der Waals surface area contributed by atoms with Crippen molar-refractivity contribution in [3.05, 3.63) is 24.0 Å². The molecule has 0 aliphatic rings. The van der Waals surface area contributed by atoms with E-state index in [2.05, 4.69) is 10.3 Å². The van der Waals surface area contributed by atoms with Gasteiger partial charge in [0.2, 0.25) is 5.91 Å². The first-order chi connectivity index (χ1) is 8.02. The molecule has 0 spiro atoms. The number of carbonyl (C=O) groups is 1. The van der Waals surface area contributed by atoms with E-state index in [9.17, 15) is 4.79 Å². The molecule has 0 fully saturated rings. The number of aromatic nitrogens is 1. The van der Waals surface area contributed by atoms with E-state index in [4.69, 9.17) is 5.26 Å². The maximum atomic E-state index is 11.5. The standard InChI is InChI=1S/C12H16N4O/c1-9(2)15-12(17)8-16(3)11-5-4-10(6-13)14-7-11/h4-5,7,9H,8H2,1-3H3,(H,15,17). The number of nitrogens with one attached hydrogen (secondary N) is 1. The minimum atomic E-state index is -0.0353. The van der Waals surface area contributed by atoms with Gasteiger partial charge < -0.3 is 10.2 Å². The molecule has 1 N–H and O–H groups in total. The van der Waals surface area contributed by atoms with Crippen LogP contribution in [0.25, 0.3) is 0 Å². The van der Waals surface area contributed by atoms with Crippen molar-refractivity contribution in [1.29, 1.82) is 5.26 Å². The van der Waals surface area contributed by atoms with Crippen molar-refractivity contribution in [2.75, 3.05) is 18.5 Å². The third-order valence-corrected chi connectivity index (χ3v) is 2.13. The topological polar surface area (TPSA) is 69.0 Å². The van der Waals surface area contributed by atoms with E-state index < -0.39 is 0 Å². The van der Waals surface area contributed by atoms with Gasteiger partial charge >= 0.3 is 0 Å². The third-order valence-electron chi connectivity index (χ3n) is 2.13. The Morgan fingerprint density at radius 3 is 2.76 bits per heavy atom. The van der Waals surface area contributed by atoms with Crippen LogP contribution in [0.15, 0.2) is 18.3 Å². The van der Waals surface area contributed by atoms with E-state index >= 15 is 0 Å². The zero-order valence-electron chi connectivity index (χ0n) is 10.3. The maximum absolute atomic E-state index is 11.5. The Kier molecular flexibility index (Phi) is 4.46. The summed E-state index contributed by atoms with van der Waals surface area (Å²) in [6, 6.07) is 5.49. The summed E-state index contributed by atoms with van der Waals surface area (Å²) in [7, 11) is 1.81. The maximum Gasteiger partial charge on any atom is 0.239 e. The Morgan fingerprint density at radius 2 is 2.29 bits per heavy atom. The van der Waals surface area contributed by atoms with Gasteiger partial charge in [-0.05, 0) is 26.0 Å². The molecular formula is C12H16N4O. The average molecular weight is 232 g/mol. The number of anilines is 1. The summed E-state index contributed by atoms with van der Waals surface area (Å²) in [6.45, 7) is 4.11. The average Bonchev–Trinajstić information content (AvgIpc) is 2.28. The molecule has 0 unspecified atom stereocenters. The molecule has 1 aromatic rings. The van der Waals surface area contributed by atoms with Crippen LogP contribution in [0, 0.1) is 11.3 Å². The second-order valence-corrected chi connectivity index (χ2v) is 4.09. The van der Waals surface area contributed by atoms with Gasteiger partial charge in [-0.15, -0.1) is 0 Å². The van der Waals surface area contributed by atoms with Gasteiger partial charge in [-0.2, -0.15) is 5.26 Å². The molecule has 5 nitrogen and oxygen atoms in total. The van der Waals surface area contributed by atoms with E-state index in [1.807, 2.05) is 27.0 Å². The molecule has 0 aromatic carbocycles. The van der Waals surface area contributed by atoms with Crippen molar-refractivity contribution >= 4 is 11.6 Å². The fourth-order valence-corrected chi connectivity index (χ4v) is 1.35. The van der Waals surface area contributed by atoms with Crippen LogP contribution < -0.4 is 10.2 Å². The molecule has 0 atom stereocenters. The summed E-state index contributed by atoms with van der Waals surface area (Å²) in [4.78, 5) is 17.3. The molecule has 0 radical (unpaired) electrons. The van der Waals surface area contributed by atoms with Crippen LogP contribution >= 0.6 is 0 Å². The van der Waals surface area contributed by atoms with Crippen LogP contribution in [0.4, 0.5) is 5.69 Å². The van der Waals surface area contributed by atoms with E-state index in [1.165, 1.54) is 0 Å². The van der Waals surface area contributed by atoms with Gasteiger partial charge in [0.05, 0.1) is 18.4 Å². The molecule has 1 heterocycles. The monoisotopic (exact) mass is 232 g/mol. The van der Waals surface area contributed by atoms with Crippen molar-refractivity contribution < 1.29 is 4.79 Å². The van der Waals surface area contributed by atoms with Gasteiger partial charge in [0.25, 0.3) is 0 Å². The van der Waals surface area contributed by atoms with Crippen LogP contribution in [0.1, 0.15) is 19.5 Å². The molecule has 0 bridgehead atoms. The number of carbonyl (C=O) groups excluding carboxylic acids is 1. The van der Waals surface area contributed by atoms with Crippen LogP contribution in [0.3, 0.4) is 0 Å². The van der Waals surface area contributed by atoms with E-state index in [0.717, 1.165) is 5.69 Å². The van der Waals surface area contributed by atoms with Gasteiger partial charge in [0.1, 0.15) is 11.8 Å². The number of pyridine rings is 1. The van der Waals surface area contributed by atoms with Crippen LogP contribution in [-0.2, 0) is 4.79 Å². The highest BCUT2D eigenvalue weighted by atomic mass is 16.2. The Morgan fingerprint density at radius 1 is 1.59 bits per heavy atom. The summed E-state index contributed by atoms with van der Waals surface area (Å²) in [5.74, 6) is -0.0353. The first-order valence-electron chi connectivity index (χ1n) is 5.39. The van der Waals surface area contributed by atoms with Gasteiger partial charge in [-0.25, -0.2) is 4.98 Å². The molecule has 5 heteroatoms. The van der Waals surface area contributed by atoms with Crippen LogP contribution in [0.5, 0.6) is 0 Å². The summed E-state index contributed by atoms with van der Waals surface area (Å²) in [6.07, 6.45) is 1.58. The van der Waals surface area contributed by atoms with E-state index in [0.29, 0.717) is 5.69 Å². The number of likely N-dealkylation sites (N-methyl/N-ethyl adjacent to an activating group) is 1. The fourth-order valence-electron chi connectivity index (χ4n) is 1.35. The van der Waals surface area contributed by atoms with Gasteiger partial charge in [-0.1, -0.05) is 0 Å². The van der Waals surface area contributed by atoms with Gasteiger partial charge in [0.15, 0.2) is 0 Å². The Balaban J connectivity index is 2.60. The largest absolute Gasteiger partial charge is 0.364 e. The second-order valence-electron chi connectivity index (χ2n) is 4.09. The molecule has 0 aliphatic heterocycles. The molecular weight excluding hydrogens is 216 g/mol. The number of hydrogen-bond acceptors (Lipinski definition) is 4. The predicted molar refractivity (Wildman–Crippen MR) is 65.5 cm³/mol. The lowest BCUT2D eigenvalue weighted by Gasteiger charge is -2.19. The second kappa shape index (κ2) is 5.85. The first-order valence-corrected chi connectivity index (χ1v) is 5.39. The van der Waals surface area contributed by atoms with Gasteiger partial charge in [-0.3, -0.25) is 4.79 Å². The summed E-state index contributed by atoms with van der Waals surface area (Å²) in [5.41, 5.74) is 1.18. The molecule has 90 valence electrons. The summed E-state index contributed by atoms with van der Waals surface area (Å²) in [5, 5.41) is 11.4. The van der Waals surface area contributed by atoms with E-state index in [-0.39, 0.29) is 18.5 Å². The lowest BCUT2D eigenvalue weighted by molar-refractivity contribution is -0.120. The normalized spacial score (nSPS) is 9.82. The van der Waals surface area contributed by atoms with Crippen molar-refractivity contribution in [2.24, 2.45) is 0 Å². The Bertz CT molecular complexity index is 419. The molecule has 0 saturated carbocycles. The molecule has 0 saturated heterocycles. The van der Waals surface area contributed by atoms with Crippen molar-refractivity contribution in [3.8, 4) is 6.07 Å². The SMILES string of the molecule is CC(C)NC(=O)CN(C)c1ccc(C#N)nc1. The summed E-state index contributed by atoms with van der Waals surface area (Å²) >= 11 is 0. The lowest BCUT2D eigenvalue weighted by atomic mass is 10.3. The minimum Gasteiger partial charge on any atom is -0.364 e. The highest BCUT2D eigenvalue weighted by Crippen LogP contribution is 2.10. The smallest absolute Gasteiger partial charge is 0.239 e. The minimum absolute atomic E-state index is 0.0353. The third kappa shape index (κ3) is 4.11. The van der Waals surface area contributed by atoms with Crippen molar-refractivity contribution in [3.63, 3.8) is 0 Å². The predicted octanol–water partition coefficient (Wildman–Crippen LogP) is 0.914. The Hall–Kier alpha value is -2.09. The van der Waals surface area contributed by atoms with Crippen molar-refractivity contribution in [1.82, 2.24) is 10.3 Å². The van der Waals surface area contributed by atoms with Gasteiger partial charge in [0, 0.05) is 13.1 Å². The van der Waals surface area contributed by atoms with Crippen molar-refractivity contribution in [2.45, 2.75) is 19.9 Å². The zero-order chi connectivity index (χ0) is 12.8.